The van der Waals surface area contributed by atoms with Gasteiger partial charge >= 0.3 is 6.03 Å². The van der Waals surface area contributed by atoms with Crippen molar-refractivity contribution < 1.29 is 9.90 Å². The number of urea groups is 1. The Hall–Kier alpha value is -1.55. The summed E-state index contributed by atoms with van der Waals surface area (Å²) in [7, 11) is 0. The van der Waals surface area contributed by atoms with Crippen LogP contribution in [0.1, 0.15) is 39.2 Å². The molecule has 4 heteroatoms. The van der Waals surface area contributed by atoms with Gasteiger partial charge in [0.05, 0.1) is 12.1 Å². The number of rotatable bonds is 6. The van der Waals surface area contributed by atoms with Gasteiger partial charge in [-0.25, -0.2) is 4.79 Å². The van der Waals surface area contributed by atoms with Crippen molar-refractivity contribution in [1.82, 2.24) is 5.32 Å². The van der Waals surface area contributed by atoms with E-state index in [4.69, 9.17) is 0 Å². The summed E-state index contributed by atoms with van der Waals surface area (Å²) in [6.07, 6.45) is 2.64. The predicted octanol–water partition coefficient (Wildman–Crippen LogP) is 2.92. The Labute approximate surface area is 115 Å². The van der Waals surface area contributed by atoms with Crippen LogP contribution < -0.4 is 10.6 Å². The number of aryl methyl sites for hydroxylation is 1. The molecular formula is C15H24N2O2. The third-order valence-corrected chi connectivity index (χ3v) is 3.33. The number of hydrogen-bond donors (Lipinski definition) is 3. The highest BCUT2D eigenvalue weighted by Gasteiger charge is 2.23. The summed E-state index contributed by atoms with van der Waals surface area (Å²) in [6, 6.07) is 7.51. The normalized spacial score (nSPS) is 13.7. The first-order chi connectivity index (χ1) is 9.04. The molecule has 0 aliphatic carbocycles. The van der Waals surface area contributed by atoms with Crippen molar-refractivity contribution in [2.24, 2.45) is 0 Å². The maximum absolute atomic E-state index is 12.0. The van der Waals surface area contributed by atoms with Crippen LogP contribution in [0.5, 0.6) is 0 Å². The third-order valence-electron chi connectivity index (χ3n) is 3.33. The molecule has 0 aliphatic rings. The van der Waals surface area contributed by atoms with Gasteiger partial charge in [0.25, 0.3) is 0 Å². The van der Waals surface area contributed by atoms with E-state index >= 15 is 0 Å². The minimum Gasteiger partial charge on any atom is -0.394 e. The van der Waals surface area contributed by atoms with E-state index in [1.165, 1.54) is 0 Å². The molecule has 106 valence electrons. The highest BCUT2D eigenvalue weighted by molar-refractivity contribution is 5.90. The molecular weight excluding hydrogens is 240 g/mol. The molecule has 0 fully saturated rings. The molecule has 0 radical (unpaired) electrons. The van der Waals surface area contributed by atoms with Crippen molar-refractivity contribution in [2.75, 3.05) is 11.9 Å². The average Bonchev–Trinajstić information content (AvgIpc) is 2.41. The van der Waals surface area contributed by atoms with Gasteiger partial charge in [-0.15, -0.1) is 0 Å². The SMILES string of the molecule is CCCc1ccccc1NC(=O)NC(C)(CC)CO. The van der Waals surface area contributed by atoms with Crippen LogP contribution in [0.2, 0.25) is 0 Å². The van der Waals surface area contributed by atoms with Crippen LogP contribution >= 0.6 is 0 Å². The van der Waals surface area contributed by atoms with E-state index in [-0.39, 0.29) is 12.6 Å². The molecule has 0 heterocycles. The van der Waals surface area contributed by atoms with Gasteiger partial charge in [-0.05, 0) is 31.4 Å². The maximum Gasteiger partial charge on any atom is 0.319 e. The van der Waals surface area contributed by atoms with Crippen molar-refractivity contribution in [3.63, 3.8) is 0 Å². The molecule has 1 aromatic carbocycles. The number of hydrogen-bond acceptors (Lipinski definition) is 2. The topological polar surface area (TPSA) is 61.4 Å². The Balaban J connectivity index is 2.72. The van der Waals surface area contributed by atoms with Crippen molar-refractivity contribution in [3.05, 3.63) is 29.8 Å². The summed E-state index contributed by atoms with van der Waals surface area (Å²) in [4.78, 5) is 12.0. The van der Waals surface area contributed by atoms with Gasteiger partial charge in [-0.2, -0.15) is 0 Å². The molecule has 1 atom stereocenters. The van der Waals surface area contributed by atoms with Crippen LogP contribution in [0, 0.1) is 0 Å². The number of carbonyl (C=O) groups excluding carboxylic acids is 1. The molecule has 1 aromatic rings. The number of aliphatic hydroxyl groups is 1. The van der Waals surface area contributed by atoms with E-state index in [1.807, 2.05) is 38.1 Å². The van der Waals surface area contributed by atoms with Gasteiger partial charge in [0.2, 0.25) is 0 Å². The monoisotopic (exact) mass is 264 g/mol. The van der Waals surface area contributed by atoms with Crippen LogP contribution in [0.4, 0.5) is 10.5 Å². The van der Waals surface area contributed by atoms with Gasteiger partial charge in [0.1, 0.15) is 0 Å². The fourth-order valence-electron chi connectivity index (χ4n) is 1.80. The molecule has 0 saturated heterocycles. The fourth-order valence-corrected chi connectivity index (χ4v) is 1.80. The van der Waals surface area contributed by atoms with E-state index in [0.717, 1.165) is 24.1 Å². The van der Waals surface area contributed by atoms with E-state index in [2.05, 4.69) is 17.6 Å². The molecule has 0 spiro atoms. The minimum atomic E-state index is -0.580. The zero-order chi connectivity index (χ0) is 14.3. The lowest BCUT2D eigenvalue weighted by Crippen LogP contribution is -2.50. The average molecular weight is 264 g/mol. The Morgan fingerprint density at radius 1 is 1.32 bits per heavy atom. The molecule has 4 nitrogen and oxygen atoms in total. The second-order valence-electron chi connectivity index (χ2n) is 5.06. The maximum atomic E-state index is 12.0. The summed E-state index contributed by atoms with van der Waals surface area (Å²) < 4.78 is 0. The number of para-hydroxylation sites is 1. The van der Waals surface area contributed by atoms with Crippen LogP contribution in [0.15, 0.2) is 24.3 Å². The molecule has 0 saturated carbocycles. The Kier molecular flexibility index (Phi) is 5.83. The van der Waals surface area contributed by atoms with Crippen molar-refractivity contribution >= 4 is 11.7 Å². The van der Waals surface area contributed by atoms with Crippen molar-refractivity contribution in [2.45, 2.75) is 45.6 Å². The first kappa shape index (κ1) is 15.5. The molecule has 0 bridgehead atoms. The highest BCUT2D eigenvalue weighted by atomic mass is 16.3. The first-order valence-electron chi connectivity index (χ1n) is 6.82. The summed E-state index contributed by atoms with van der Waals surface area (Å²) in [5, 5.41) is 15.0. The number of nitrogens with one attached hydrogen (secondary N) is 2. The number of amides is 2. The van der Waals surface area contributed by atoms with Crippen LogP contribution in [0.3, 0.4) is 0 Å². The summed E-state index contributed by atoms with van der Waals surface area (Å²) in [5.41, 5.74) is 1.38. The Morgan fingerprint density at radius 2 is 2.00 bits per heavy atom. The largest absolute Gasteiger partial charge is 0.394 e. The summed E-state index contributed by atoms with van der Waals surface area (Å²) in [5.74, 6) is 0. The predicted molar refractivity (Wildman–Crippen MR) is 78.4 cm³/mol. The molecule has 1 unspecified atom stereocenters. The van der Waals surface area contributed by atoms with Crippen molar-refractivity contribution in [3.8, 4) is 0 Å². The van der Waals surface area contributed by atoms with Gasteiger partial charge in [-0.3, -0.25) is 0 Å². The van der Waals surface area contributed by atoms with E-state index < -0.39 is 5.54 Å². The fraction of sp³-hybridized carbons (Fsp3) is 0.533. The Bertz CT molecular complexity index is 414. The van der Waals surface area contributed by atoms with Crippen LogP contribution in [-0.4, -0.2) is 23.3 Å². The van der Waals surface area contributed by atoms with Gasteiger partial charge < -0.3 is 15.7 Å². The summed E-state index contributed by atoms with van der Waals surface area (Å²) >= 11 is 0. The quantitative estimate of drug-likeness (QED) is 0.740. The van der Waals surface area contributed by atoms with Crippen LogP contribution in [0.25, 0.3) is 0 Å². The second-order valence-corrected chi connectivity index (χ2v) is 5.06. The van der Waals surface area contributed by atoms with E-state index in [0.29, 0.717) is 6.42 Å². The number of aliphatic hydroxyl groups excluding tert-OH is 1. The lowest BCUT2D eigenvalue weighted by atomic mass is 10.0. The molecule has 19 heavy (non-hydrogen) atoms. The molecule has 1 rings (SSSR count). The molecule has 0 aliphatic heterocycles. The van der Waals surface area contributed by atoms with E-state index in [9.17, 15) is 9.90 Å². The lowest BCUT2D eigenvalue weighted by molar-refractivity contribution is 0.172. The lowest BCUT2D eigenvalue weighted by Gasteiger charge is -2.27. The van der Waals surface area contributed by atoms with Crippen molar-refractivity contribution in [1.29, 1.82) is 0 Å². The third kappa shape index (κ3) is 4.56. The summed E-state index contributed by atoms with van der Waals surface area (Å²) in [6.45, 7) is 5.79. The number of carbonyl (C=O) groups is 1. The zero-order valence-electron chi connectivity index (χ0n) is 12.0. The standard InChI is InChI=1S/C15H24N2O2/c1-4-8-12-9-6-7-10-13(12)16-14(19)17-15(3,5-2)11-18/h6-7,9-10,18H,4-5,8,11H2,1-3H3,(H2,16,17,19). The van der Waals surface area contributed by atoms with E-state index in [1.54, 1.807) is 0 Å². The van der Waals surface area contributed by atoms with Gasteiger partial charge in [-0.1, -0.05) is 38.5 Å². The Morgan fingerprint density at radius 3 is 2.58 bits per heavy atom. The first-order valence-corrected chi connectivity index (χ1v) is 6.82. The molecule has 2 amide bonds. The molecule has 3 N–H and O–H groups in total. The van der Waals surface area contributed by atoms with Gasteiger partial charge in [0.15, 0.2) is 0 Å². The minimum absolute atomic E-state index is 0.0759. The van der Waals surface area contributed by atoms with Crippen LogP contribution in [-0.2, 0) is 6.42 Å². The zero-order valence-corrected chi connectivity index (χ0v) is 12.0. The highest BCUT2D eigenvalue weighted by Crippen LogP contribution is 2.17. The smallest absolute Gasteiger partial charge is 0.319 e. The molecule has 0 aromatic heterocycles. The van der Waals surface area contributed by atoms with Gasteiger partial charge in [0, 0.05) is 5.69 Å². The number of benzene rings is 1. The second kappa shape index (κ2) is 7.14. The number of anilines is 1.